The fraction of sp³-hybridized carbons (Fsp3) is 0.438. The van der Waals surface area contributed by atoms with Gasteiger partial charge in [0, 0.05) is 5.92 Å². The molecule has 2 rings (SSSR count). The van der Waals surface area contributed by atoms with Crippen molar-refractivity contribution in [3.8, 4) is 0 Å². The fourth-order valence-corrected chi connectivity index (χ4v) is 2.28. The van der Waals surface area contributed by atoms with Gasteiger partial charge in [-0.1, -0.05) is 32.4 Å². The van der Waals surface area contributed by atoms with E-state index in [1.807, 2.05) is 45.9 Å². The van der Waals surface area contributed by atoms with Crippen molar-refractivity contribution in [3.05, 3.63) is 30.1 Å². The number of benzene rings is 1. The Morgan fingerprint density at radius 3 is 2.59 bits per heavy atom. The maximum Gasteiger partial charge on any atom is 0.341 e. The molecule has 0 fully saturated rings. The van der Waals surface area contributed by atoms with Crippen LogP contribution in [-0.4, -0.2) is 22.1 Å². The maximum atomic E-state index is 11.6. The summed E-state index contributed by atoms with van der Waals surface area (Å²) in [6.45, 7) is 8.01. The summed E-state index contributed by atoms with van der Waals surface area (Å²) in [5.74, 6) is 0.128. The van der Waals surface area contributed by atoms with Crippen LogP contribution in [0.4, 0.5) is 5.82 Å². The van der Waals surface area contributed by atoms with E-state index in [4.69, 9.17) is 0 Å². The lowest BCUT2D eigenvalue weighted by Gasteiger charge is -2.22. The largest absolute Gasteiger partial charge is 1.00 e. The number of anilines is 1. The predicted molar refractivity (Wildman–Crippen MR) is 82.1 cm³/mol. The summed E-state index contributed by atoms with van der Waals surface area (Å²) >= 11 is 0. The van der Waals surface area contributed by atoms with Crippen molar-refractivity contribution in [3.63, 3.8) is 0 Å². The summed E-state index contributed by atoms with van der Waals surface area (Å²) in [6.07, 6.45) is 1.58. The molecule has 0 aliphatic carbocycles. The number of nitrogens with one attached hydrogen (secondary N) is 2. The predicted octanol–water partition coefficient (Wildman–Crippen LogP) is -0.481. The first-order valence-corrected chi connectivity index (χ1v) is 7.16. The Bertz CT molecular complexity index is 661. The molecule has 0 saturated heterocycles. The number of fused-ring (bicyclic) bond motifs is 1. The van der Waals surface area contributed by atoms with Crippen molar-refractivity contribution >= 4 is 22.7 Å². The van der Waals surface area contributed by atoms with Crippen molar-refractivity contribution in [1.82, 2.24) is 4.98 Å². The summed E-state index contributed by atoms with van der Waals surface area (Å²) in [7, 11) is 0. The quantitative estimate of drug-likeness (QED) is 0.779. The van der Waals surface area contributed by atoms with Crippen molar-refractivity contribution in [1.29, 1.82) is 0 Å². The van der Waals surface area contributed by atoms with Gasteiger partial charge >= 0.3 is 5.97 Å². The lowest BCUT2D eigenvalue weighted by atomic mass is 9.90. The Hall–Kier alpha value is -1.88. The van der Waals surface area contributed by atoms with Crippen LogP contribution < -0.4 is 22.7 Å². The fourth-order valence-electron chi connectivity index (χ4n) is 2.28. The Labute approximate surface area is 136 Å². The lowest BCUT2D eigenvalue weighted by Crippen LogP contribution is -3.00. The monoisotopic (exact) mass is 323 g/mol. The number of halogens is 1. The molecule has 1 heterocycles. The average Bonchev–Trinajstić information content (AvgIpc) is 2.43. The third-order valence-electron chi connectivity index (χ3n) is 3.98. The third kappa shape index (κ3) is 3.85. The lowest BCUT2D eigenvalue weighted by molar-refractivity contribution is -0.364. The SMILES string of the molecule is Cc1ccc2nc[nH+]c(NC(C(=O)O)C(C)C(C)C)c2c1.[Cl-]. The molecule has 22 heavy (non-hydrogen) atoms. The molecule has 0 aliphatic rings. The second-order valence-corrected chi connectivity index (χ2v) is 5.86. The van der Waals surface area contributed by atoms with Gasteiger partial charge in [0.05, 0.1) is 5.39 Å². The maximum absolute atomic E-state index is 11.6. The van der Waals surface area contributed by atoms with Gasteiger partial charge in [0.1, 0.15) is 0 Å². The molecule has 0 saturated carbocycles. The molecule has 2 aromatic rings. The van der Waals surface area contributed by atoms with Crippen molar-refractivity contribution < 1.29 is 27.3 Å². The average molecular weight is 324 g/mol. The number of aromatic amines is 1. The number of aliphatic carboxylic acids is 1. The highest BCUT2D eigenvalue weighted by Crippen LogP contribution is 2.22. The molecule has 5 nitrogen and oxygen atoms in total. The number of hydrogen-bond donors (Lipinski definition) is 2. The Morgan fingerprint density at radius 1 is 1.32 bits per heavy atom. The van der Waals surface area contributed by atoms with Gasteiger partial charge in [-0.15, -0.1) is 4.98 Å². The van der Waals surface area contributed by atoms with E-state index in [1.54, 1.807) is 6.33 Å². The molecular formula is C16H22ClN3O2. The zero-order valence-electron chi connectivity index (χ0n) is 13.2. The summed E-state index contributed by atoms with van der Waals surface area (Å²) < 4.78 is 0. The van der Waals surface area contributed by atoms with E-state index in [0.717, 1.165) is 16.5 Å². The molecule has 0 radical (unpaired) electrons. The van der Waals surface area contributed by atoms with E-state index in [-0.39, 0.29) is 24.2 Å². The molecule has 6 heteroatoms. The molecular weight excluding hydrogens is 302 g/mol. The summed E-state index contributed by atoms with van der Waals surface area (Å²) in [5, 5.41) is 13.5. The number of carbonyl (C=O) groups is 1. The second-order valence-electron chi connectivity index (χ2n) is 5.86. The van der Waals surface area contributed by atoms with Gasteiger partial charge < -0.3 is 17.5 Å². The van der Waals surface area contributed by atoms with Gasteiger partial charge in [-0.25, -0.2) is 9.78 Å². The highest BCUT2D eigenvalue weighted by molar-refractivity contribution is 5.89. The number of nitrogens with zero attached hydrogens (tertiary/aromatic N) is 1. The molecule has 1 aromatic heterocycles. The van der Waals surface area contributed by atoms with Gasteiger partial charge in [0.25, 0.3) is 0 Å². The number of H-pyrrole nitrogens is 1. The molecule has 2 unspecified atom stereocenters. The highest BCUT2D eigenvalue weighted by atomic mass is 35.5. The van der Waals surface area contributed by atoms with Gasteiger partial charge in [0.2, 0.25) is 12.1 Å². The number of rotatable bonds is 5. The van der Waals surface area contributed by atoms with Crippen LogP contribution >= 0.6 is 0 Å². The van der Waals surface area contributed by atoms with Gasteiger partial charge in [-0.05, 0) is 25.0 Å². The van der Waals surface area contributed by atoms with Crippen LogP contribution in [0, 0.1) is 18.8 Å². The van der Waals surface area contributed by atoms with E-state index in [0.29, 0.717) is 5.82 Å². The Morgan fingerprint density at radius 2 is 2.00 bits per heavy atom. The summed E-state index contributed by atoms with van der Waals surface area (Å²) in [5.41, 5.74) is 1.94. The van der Waals surface area contributed by atoms with E-state index < -0.39 is 12.0 Å². The summed E-state index contributed by atoms with van der Waals surface area (Å²) in [6, 6.07) is 5.28. The zero-order chi connectivity index (χ0) is 15.6. The number of aromatic nitrogens is 2. The number of carboxylic acid groups (broad SMARTS) is 1. The van der Waals surface area contributed by atoms with Gasteiger partial charge in [-0.2, -0.15) is 0 Å². The first-order valence-electron chi connectivity index (χ1n) is 7.16. The van der Waals surface area contributed by atoms with E-state index in [1.165, 1.54) is 0 Å². The molecule has 2 atom stereocenters. The van der Waals surface area contributed by atoms with Crippen LogP contribution in [-0.2, 0) is 4.79 Å². The van der Waals surface area contributed by atoms with Crippen LogP contribution in [0.1, 0.15) is 26.3 Å². The number of aryl methyl sites for hydroxylation is 1. The number of carboxylic acids is 1. The topological polar surface area (TPSA) is 76.4 Å². The molecule has 1 aromatic carbocycles. The van der Waals surface area contributed by atoms with Crippen molar-refractivity contribution in [2.75, 3.05) is 5.32 Å². The first-order chi connectivity index (χ1) is 9.90. The van der Waals surface area contributed by atoms with Crippen molar-refractivity contribution in [2.45, 2.75) is 33.7 Å². The van der Waals surface area contributed by atoms with Crippen LogP contribution in [0.15, 0.2) is 24.5 Å². The van der Waals surface area contributed by atoms with Crippen LogP contribution in [0.2, 0.25) is 0 Å². The standard InChI is InChI=1S/C16H21N3O2.ClH/c1-9(2)11(4)14(16(20)21)19-15-12-7-10(3)5-6-13(12)17-8-18-15;/h5-9,11,14H,1-4H3,(H,20,21)(H,17,18,19);1H. The molecule has 0 spiro atoms. The first kappa shape index (κ1) is 18.2. The van der Waals surface area contributed by atoms with Crippen LogP contribution in [0.25, 0.3) is 10.9 Å². The van der Waals surface area contributed by atoms with Crippen LogP contribution in [0.5, 0.6) is 0 Å². The number of hydrogen-bond acceptors (Lipinski definition) is 3. The second kappa shape index (κ2) is 7.40. The normalized spacial score (nSPS) is 13.5. The third-order valence-corrected chi connectivity index (χ3v) is 3.98. The van der Waals surface area contributed by atoms with Gasteiger partial charge in [0.15, 0.2) is 11.6 Å². The van der Waals surface area contributed by atoms with E-state index in [2.05, 4.69) is 15.3 Å². The summed E-state index contributed by atoms with van der Waals surface area (Å²) in [4.78, 5) is 18.9. The van der Waals surface area contributed by atoms with Gasteiger partial charge in [-0.3, -0.25) is 5.32 Å². The minimum atomic E-state index is -0.845. The van der Waals surface area contributed by atoms with Crippen LogP contribution in [0.3, 0.4) is 0 Å². The minimum Gasteiger partial charge on any atom is -1.00 e. The molecule has 0 amide bonds. The Balaban J connectivity index is 0.00000242. The molecule has 3 N–H and O–H groups in total. The van der Waals surface area contributed by atoms with E-state index >= 15 is 0 Å². The molecule has 120 valence electrons. The minimum absolute atomic E-state index is 0. The smallest absolute Gasteiger partial charge is 0.341 e. The van der Waals surface area contributed by atoms with E-state index in [9.17, 15) is 9.90 Å². The molecule has 0 bridgehead atoms. The zero-order valence-corrected chi connectivity index (χ0v) is 14.0. The van der Waals surface area contributed by atoms with Crippen molar-refractivity contribution in [2.24, 2.45) is 11.8 Å². The highest BCUT2D eigenvalue weighted by Gasteiger charge is 2.30. The molecule has 0 aliphatic heterocycles. The Kier molecular flexibility index (Phi) is 6.11.